The molecule has 0 aliphatic carbocycles. The highest BCUT2D eigenvalue weighted by molar-refractivity contribution is 5.28. The number of nitrogens with two attached hydrogens (primary N) is 1. The number of quaternary nitrogens is 2. The Morgan fingerprint density at radius 3 is 2.38 bits per heavy atom. The van der Waals surface area contributed by atoms with Crippen LogP contribution in [0.2, 0.25) is 0 Å². The van der Waals surface area contributed by atoms with Gasteiger partial charge in [-0.2, -0.15) is 0 Å². The number of hydrogen-bond acceptors (Lipinski definition) is 1. The molecular formula is C13H22N2O+2. The van der Waals surface area contributed by atoms with E-state index in [0.717, 1.165) is 5.75 Å². The second-order valence-electron chi connectivity index (χ2n) is 4.52. The molecule has 3 N–H and O–H groups in total. The topological polar surface area (TPSA) is 30.3 Å². The molecule has 0 unspecified atom stereocenters. The van der Waals surface area contributed by atoms with Gasteiger partial charge in [-0.1, -0.05) is 0 Å². The summed E-state index contributed by atoms with van der Waals surface area (Å²) in [6, 6.07) is 9.09. The van der Waals surface area contributed by atoms with Crippen molar-refractivity contribution in [2.24, 2.45) is 0 Å². The van der Waals surface area contributed by atoms with Crippen LogP contribution in [0.1, 0.15) is 18.5 Å². The minimum absolute atomic E-state index is 0.597. The standard InChI is InChI=1S/C13H20N2O/c1-11(15-9-7-14-8-10-15)12-3-5-13(16-2)6-4-12/h3-6,11,14H,7-10H2,1-2H3/p+2/t11-/m1/s1. The van der Waals surface area contributed by atoms with E-state index in [9.17, 15) is 0 Å². The van der Waals surface area contributed by atoms with Crippen molar-refractivity contribution in [3.05, 3.63) is 29.8 Å². The fourth-order valence-corrected chi connectivity index (χ4v) is 2.41. The molecule has 16 heavy (non-hydrogen) atoms. The van der Waals surface area contributed by atoms with Crippen molar-refractivity contribution < 1.29 is 15.0 Å². The monoisotopic (exact) mass is 222 g/mol. The zero-order valence-electron chi connectivity index (χ0n) is 10.2. The second-order valence-corrected chi connectivity index (χ2v) is 4.52. The molecule has 0 bridgehead atoms. The molecule has 2 rings (SSSR count). The summed E-state index contributed by atoms with van der Waals surface area (Å²) in [4.78, 5) is 1.70. The van der Waals surface area contributed by atoms with Crippen molar-refractivity contribution in [1.82, 2.24) is 0 Å². The zero-order chi connectivity index (χ0) is 11.4. The third-order valence-corrected chi connectivity index (χ3v) is 3.57. The van der Waals surface area contributed by atoms with E-state index in [0.29, 0.717) is 6.04 Å². The lowest BCUT2D eigenvalue weighted by molar-refractivity contribution is -0.970. The van der Waals surface area contributed by atoms with Crippen molar-refractivity contribution in [3.8, 4) is 5.75 Å². The second kappa shape index (κ2) is 5.32. The van der Waals surface area contributed by atoms with Crippen LogP contribution in [-0.2, 0) is 0 Å². The summed E-state index contributed by atoms with van der Waals surface area (Å²) in [5, 5.41) is 2.41. The molecule has 1 aliphatic heterocycles. The zero-order valence-corrected chi connectivity index (χ0v) is 10.2. The molecule has 0 radical (unpaired) electrons. The molecule has 0 saturated carbocycles. The van der Waals surface area contributed by atoms with Gasteiger partial charge >= 0.3 is 0 Å². The molecule has 0 aromatic heterocycles. The Bertz CT molecular complexity index is 317. The van der Waals surface area contributed by atoms with Gasteiger partial charge in [-0.05, 0) is 31.2 Å². The van der Waals surface area contributed by atoms with Crippen molar-refractivity contribution in [3.63, 3.8) is 0 Å². The SMILES string of the molecule is COc1ccc([C@@H](C)[NH+]2CC[NH2+]CC2)cc1. The molecule has 3 heteroatoms. The number of piperazine rings is 1. The van der Waals surface area contributed by atoms with Gasteiger partial charge in [-0.25, -0.2) is 0 Å². The quantitative estimate of drug-likeness (QED) is 0.690. The molecule has 1 fully saturated rings. The van der Waals surface area contributed by atoms with Crippen LogP contribution >= 0.6 is 0 Å². The van der Waals surface area contributed by atoms with E-state index in [1.54, 1.807) is 12.0 Å². The number of methoxy groups -OCH3 is 1. The molecule has 1 aliphatic rings. The Morgan fingerprint density at radius 1 is 1.19 bits per heavy atom. The lowest BCUT2D eigenvalue weighted by Gasteiger charge is -2.28. The van der Waals surface area contributed by atoms with Crippen molar-refractivity contribution in [2.75, 3.05) is 33.3 Å². The average molecular weight is 222 g/mol. The maximum absolute atomic E-state index is 5.18. The first-order valence-corrected chi connectivity index (χ1v) is 6.11. The maximum atomic E-state index is 5.18. The minimum Gasteiger partial charge on any atom is -0.497 e. The molecule has 0 spiro atoms. The van der Waals surface area contributed by atoms with Crippen LogP contribution in [0, 0.1) is 0 Å². The first-order chi connectivity index (χ1) is 7.81. The summed E-state index contributed by atoms with van der Waals surface area (Å²) < 4.78 is 5.18. The first-order valence-electron chi connectivity index (χ1n) is 6.11. The van der Waals surface area contributed by atoms with E-state index in [1.807, 2.05) is 0 Å². The third kappa shape index (κ3) is 2.54. The van der Waals surface area contributed by atoms with E-state index in [2.05, 4.69) is 36.5 Å². The predicted octanol–water partition coefficient (Wildman–Crippen LogP) is -0.782. The van der Waals surface area contributed by atoms with Crippen molar-refractivity contribution in [1.29, 1.82) is 0 Å². The lowest BCUT2D eigenvalue weighted by Crippen LogP contribution is -3.20. The number of rotatable bonds is 3. The molecule has 1 aromatic rings. The maximum Gasteiger partial charge on any atom is 0.127 e. The fraction of sp³-hybridized carbons (Fsp3) is 0.538. The molecule has 88 valence electrons. The molecule has 3 nitrogen and oxygen atoms in total. The van der Waals surface area contributed by atoms with Gasteiger partial charge in [0.1, 0.15) is 38.0 Å². The number of hydrogen-bond donors (Lipinski definition) is 2. The largest absolute Gasteiger partial charge is 0.497 e. The van der Waals surface area contributed by atoms with Crippen molar-refractivity contribution in [2.45, 2.75) is 13.0 Å². The highest BCUT2D eigenvalue weighted by atomic mass is 16.5. The number of ether oxygens (including phenoxy) is 1. The fourth-order valence-electron chi connectivity index (χ4n) is 2.41. The Kier molecular flexibility index (Phi) is 3.80. The Balaban J connectivity index is 2.04. The molecule has 1 aromatic carbocycles. The number of nitrogens with one attached hydrogen (secondary N) is 1. The normalized spacial score (nSPS) is 19.4. The van der Waals surface area contributed by atoms with E-state index in [4.69, 9.17) is 4.74 Å². The van der Waals surface area contributed by atoms with Gasteiger partial charge in [0, 0.05) is 5.56 Å². The van der Waals surface area contributed by atoms with E-state index < -0.39 is 0 Å². The minimum atomic E-state index is 0.597. The molecule has 1 heterocycles. The van der Waals surface area contributed by atoms with E-state index in [-0.39, 0.29) is 0 Å². The smallest absolute Gasteiger partial charge is 0.127 e. The highest BCUT2D eigenvalue weighted by Crippen LogP contribution is 2.15. The van der Waals surface area contributed by atoms with Gasteiger partial charge in [0.25, 0.3) is 0 Å². The molecule has 1 atom stereocenters. The van der Waals surface area contributed by atoms with Crippen molar-refractivity contribution >= 4 is 0 Å². The van der Waals surface area contributed by atoms with Crippen LogP contribution in [0.25, 0.3) is 0 Å². The summed E-state index contributed by atoms with van der Waals surface area (Å²) in [6.45, 7) is 7.38. The predicted molar refractivity (Wildman–Crippen MR) is 63.8 cm³/mol. The first kappa shape index (κ1) is 11.4. The Morgan fingerprint density at radius 2 is 1.81 bits per heavy atom. The summed E-state index contributed by atoms with van der Waals surface area (Å²) in [5.41, 5.74) is 1.41. The Hall–Kier alpha value is -1.06. The lowest BCUT2D eigenvalue weighted by atomic mass is 10.1. The van der Waals surface area contributed by atoms with Crippen LogP contribution in [-0.4, -0.2) is 33.3 Å². The van der Waals surface area contributed by atoms with Gasteiger partial charge in [0.2, 0.25) is 0 Å². The van der Waals surface area contributed by atoms with Gasteiger partial charge in [-0.15, -0.1) is 0 Å². The van der Waals surface area contributed by atoms with Crippen LogP contribution in [0.3, 0.4) is 0 Å². The van der Waals surface area contributed by atoms with Gasteiger partial charge in [-0.3, -0.25) is 0 Å². The average Bonchev–Trinajstić information content (AvgIpc) is 2.39. The highest BCUT2D eigenvalue weighted by Gasteiger charge is 2.22. The van der Waals surface area contributed by atoms with E-state index in [1.165, 1.54) is 31.7 Å². The van der Waals surface area contributed by atoms with Crippen LogP contribution < -0.4 is 15.0 Å². The summed E-state index contributed by atoms with van der Waals surface area (Å²) in [5.74, 6) is 0.943. The van der Waals surface area contributed by atoms with Crippen LogP contribution in [0.15, 0.2) is 24.3 Å². The van der Waals surface area contributed by atoms with Crippen LogP contribution in [0.4, 0.5) is 0 Å². The molecule has 0 amide bonds. The molecular weight excluding hydrogens is 200 g/mol. The summed E-state index contributed by atoms with van der Waals surface area (Å²) >= 11 is 0. The van der Waals surface area contributed by atoms with Gasteiger partial charge < -0.3 is 15.0 Å². The molecule has 1 saturated heterocycles. The van der Waals surface area contributed by atoms with Crippen LogP contribution in [0.5, 0.6) is 5.75 Å². The van der Waals surface area contributed by atoms with Gasteiger partial charge in [0.05, 0.1) is 7.11 Å². The summed E-state index contributed by atoms with van der Waals surface area (Å²) in [6.07, 6.45) is 0. The third-order valence-electron chi connectivity index (χ3n) is 3.57. The number of benzene rings is 1. The van der Waals surface area contributed by atoms with E-state index >= 15 is 0 Å². The van der Waals surface area contributed by atoms with Gasteiger partial charge in [0.15, 0.2) is 0 Å². The Labute approximate surface area is 97.4 Å². The summed E-state index contributed by atoms with van der Waals surface area (Å²) in [7, 11) is 1.71.